The Kier molecular flexibility index (Phi) is 3.83. The van der Waals surface area contributed by atoms with Crippen molar-refractivity contribution in [2.75, 3.05) is 31.6 Å². The zero-order valence-corrected chi connectivity index (χ0v) is 11.6. The normalized spacial score (nSPS) is 22.1. The van der Waals surface area contributed by atoms with Gasteiger partial charge in [-0.25, -0.2) is 5.10 Å². The Labute approximate surface area is 107 Å². The number of likely N-dealkylation sites (N-methyl/N-ethyl adjacent to an activating group) is 1. The summed E-state index contributed by atoms with van der Waals surface area (Å²) in [5.41, 5.74) is 0. The first-order chi connectivity index (χ1) is 8.17. The highest BCUT2D eigenvalue weighted by Gasteiger charge is 2.25. The highest BCUT2D eigenvalue weighted by atomic mass is 32.1. The van der Waals surface area contributed by atoms with Crippen molar-refractivity contribution in [2.24, 2.45) is 0 Å². The van der Waals surface area contributed by atoms with E-state index < -0.39 is 0 Å². The van der Waals surface area contributed by atoms with Crippen molar-refractivity contribution in [1.82, 2.24) is 19.7 Å². The summed E-state index contributed by atoms with van der Waals surface area (Å²) in [5, 5.41) is 7.25. The van der Waals surface area contributed by atoms with E-state index in [-0.39, 0.29) is 0 Å². The Hall–Kier alpha value is -0.880. The summed E-state index contributed by atoms with van der Waals surface area (Å²) in [6.45, 7) is 8.35. The molecule has 0 amide bonds. The van der Waals surface area contributed by atoms with Gasteiger partial charge in [0.1, 0.15) is 0 Å². The summed E-state index contributed by atoms with van der Waals surface area (Å²) in [6.07, 6.45) is 1.17. The Morgan fingerprint density at radius 3 is 2.82 bits per heavy atom. The molecule has 1 N–H and O–H groups in total. The molecule has 1 aliphatic rings. The molecule has 1 atom stereocenters. The zero-order valence-electron chi connectivity index (χ0n) is 10.8. The molecule has 1 fully saturated rings. The van der Waals surface area contributed by atoms with Crippen LogP contribution >= 0.6 is 12.2 Å². The van der Waals surface area contributed by atoms with Crippen LogP contribution in [0, 0.1) is 4.77 Å². The zero-order chi connectivity index (χ0) is 12.4. The molecule has 1 aliphatic heterocycles. The molecular formula is C11H21N5S. The second kappa shape index (κ2) is 5.18. The summed E-state index contributed by atoms with van der Waals surface area (Å²) in [5.74, 6) is 0.990. The lowest BCUT2D eigenvalue weighted by atomic mass is 10.1. The maximum Gasteiger partial charge on any atom is 0.225 e. The van der Waals surface area contributed by atoms with E-state index in [2.05, 4.69) is 45.5 Å². The van der Waals surface area contributed by atoms with Gasteiger partial charge < -0.3 is 4.90 Å². The smallest absolute Gasteiger partial charge is 0.225 e. The monoisotopic (exact) mass is 255 g/mol. The van der Waals surface area contributed by atoms with Crippen molar-refractivity contribution in [3.05, 3.63) is 4.77 Å². The van der Waals surface area contributed by atoms with Crippen LogP contribution in [0.15, 0.2) is 0 Å². The van der Waals surface area contributed by atoms with E-state index in [0.29, 0.717) is 6.04 Å². The number of hydrogen-bond donors (Lipinski definition) is 1. The molecule has 0 radical (unpaired) electrons. The maximum atomic E-state index is 5.23. The van der Waals surface area contributed by atoms with Gasteiger partial charge in [0.15, 0.2) is 4.77 Å². The number of nitrogens with one attached hydrogen (secondary N) is 1. The standard InChI is InChI=1S/C11H21N5S/c1-4-9-8-15(7-6-14(9)3)10-12-13-11(17)16(10)5-2/h9H,4-8H2,1-3H3,(H,13,17). The number of H-pyrrole nitrogens is 1. The third-order valence-corrected chi connectivity index (χ3v) is 3.90. The van der Waals surface area contributed by atoms with Crippen molar-refractivity contribution < 1.29 is 0 Å². The van der Waals surface area contributed by atoms with Crippen LogP contribution < -0.4 is 4.90 Å². The SMILES string of the molecule is CCC1CN(c2n[nH]c(=S)n2CC)CCN1C. The van der Waals surface area contributed by atoms with Gasteiger partial charge in [-0.1, -0.05) is 6.92 Å². The molecule has 0 aromatic carbocycles. The largest absolute Gasteiger partial charge is 0.338 e. The second-order valence-electron chi connectivity index (χ2n) is 4.56. The molecule has 0 saturated carbocycles. The number of nitrogens with zero attached hydrogens (tertiary/aromatic N) is 4. The van der Waals surface area contributed by atoms with E-state index in [4.69, 9.17) is 12.2 Å². The molecule has 17 heavy (non-hydrogen) atoms. The van der Waals surface area contributed by atoms with Gasteiger partial charge in [-0.05, 0) is 32.6 Å². The predicted molar refractivity (Wildman–Crippen MR) is 72.0 cm³/mol. The summed E-state index contributed by atoms with van der Waals surface area (Å²) in [4.78, 5) is 4.76. The lowest BCUT2D eigenvalue weighted by molar-refractivity contribution is 0.211. The Bertz CT molecular complexity index is 424. The van der Waals surface area contributed by atoms with E-state index in [1.54, 1.807) is 0 Å². The number of rotatable bonds is 3. The molecule has 2 rings (SSSR count). The minimum absolute atomic E-state index is 0.610. The minimum atomic E-state index is 0.610. The van der Waals surface area contributed by atoms with Gasteiger partial charge in [0.2, 0.25) is 5.95 Å². The Balaban J connectivity index is 2.20. The number of hydrogen-bond acceptors (Lipinski definition) is 4. The molecule has 0 bridgehead atoms. The number of aromatic amines is 1. The van der Waals surface area contributed by atoms with E-state index in [1.807, 2.05) is 0 Å². The second-order valence-corrected chi connectivity index (χ2v) is 4.95. The van der Waals surface area contributed by atoms with Crippen molar-refractivity contribution in [3.8, 4) is 0 Å². The van der Waals surface area contributed by atoms with Gasteiger partial charge in [0.05, 0.1) is 0 Å². The van der Waals surface area contributed by atoms with E-state index >= 15 is 0 Å². The lowest BCUT2D eigenvalue weighted by Gasteiger charge is -2.39. The van der Waals surface area contributed by atoms with Gasteiger partial charge in [-0.3, -0.25) is 9.47 Å². The molecule has 5 nitrogen and oxygen atoms in total. The first kappa shape index (κ1) is 12.6. The first-order valence-electron chi connectivity index (χ1n) is 6.27. The third kappa shape index (κ3) is 2.37. The fourth-order valence-corrected chi connectivity index (χ4v) is 2.66. The number of aromatic nitrogens is 3. The van der Waals surface area contributed by atoms with Crippen LogP contribution in [0.4, 0.5) is 5.95 Å². The quantitative estimate of drug-likeness (QED) is 0.831. The molecule has 0 aliphatic carbocycles. The minimum Gasteiger partial charge on any atom is -0.338 e. The average Bonchev–Trinajstić information content (AvgIpc) is 2.71. The van der Waals surface area contributed by atoms with Crippen LogP contribution in [-0.4, -0.2) is 52.4 Å². The Morgan fingerprint density at radius 2 is 2.18 bits per heavy atom. The summed E-state index contributed by atoms with van der Waals surface area (Å²) in [6, 6.07) is 0.610. The number of anilines is 1. The summed E-state index contributed by atoms with van der Waals surface area (Å²) in [7, 11) is 2.20. The molecule has 1 aromatic rings. The van der Waals surface area contributed by atoms with Gasteiger partial charge in [0, 0.05) is 32.2 Å². The average molecular weight is 255 g/mol. The molecular weight excluding hydrogens is 234 g/mol. The van der Waals surface area contributed by atoms with Crippen molar-refractivity contribution in [3.63, 3.8) is 0 Å². The first-order valence-corrected chi connectivity index (χ1v) is 6.68. The highest BCUT2D eigenvalue weighted by Crippen LogP contribution is 2.17. The molecule has 6 heteroatoms. The Morgan fingerprint density at radius 1 is 1.41 bits per heavy atom. The van der Waals surface area contributed by atoms with Crippen LogP contribution in [0.5, 0.6) is 0 Å². The molecule has 1 unspecified atom stereocenters. The van der Waals surface area contributed by atoms with Crippen LogP contribution in [0.2, 0.25) is 0 Å². The molecule has 2 heterocycles. The predicted octanol–water partition coefficient (Wildman–Crippen LogP) is 1.49. The molecule has 96 valence electrons. The van der Waals surface area contributed by atoms with Crippen LogP contribution in [0.25, 0.3) is 0 Å². The van der Waals surface area contributed by atoms with E-state index in [1.165, 1.54) is 6.42 Å². The molecule has 1 aromatic heterocycles. The maximum absolute atomic E-state index is 5.23. The van der Waals surface area contributed by atoms with Gasteiger partial charge in [-0.15, -0.1) is 5.10 Å². The van der Waals surface area contributed by atoms with Crippen LogP contribution in [0.1, 0.15) is 20.3 Å². The molecule has 0 spiro atoms. The lowest BCUT2D eigenvalue weighted by Crippen LogP contribution is -2.51. The van der Waals surface area contributed by atoms with Crippen molar-refractivity contribution in [1.29, 1.82) is 0 Å². The van der Waals surface area contributed by atoms with Gasteiger partial charge in [0.25, 0.3) is 0 Å². The molecule has 1 saturated heterocycles. The summed E-state index contributed by atoms with van der Waals surface area (Å²) < 4.78 is 2.78. The van der Waals surface area contributed by atoms with Crippen LogP contribution in [-0.2, 0) is 6.54 Å². The topological polar surface area (TPSA) is 40.1 Å². The van der Waals surface area contributed by atoms with Gasteiger partial charge in [-0.2, -0.15) is 0 Å². The third-order valence-electron chi connectivity index (χ3n) is 3.59. The highest BCUT2D eigenvalue weighted by molar-refractivity contribution is 7.71. The van der Waals surface area contributed by atoms with Crippen molar-refractivity contribution >= 4 is 18.2 Å². The van der Waals surface area contributed by atoms with E-state index in [9.17, 15) is 0 Å². The van der Waals surface area contributed by atoms with Crippen molar-refractivity contribution in [2.45, 2.75) is 32.9 Å². The van der Waals surface area contributed by atoms with Gasteiger partial charge >= 0.3 is 0 Å². The van der Waals surface area contributed by atoms with E-state index in [0.717, 1.165) is 36.9 Å². The fraction of sp³-hybridized carbons (Fsp3) is 0.818. The van der Waals surface area contributed by atoms with Crippen LogP contribution in [0.3, 0.4) is 0 Å². The summed E-state index contributed by atoms with van der Waals surface area (Å²) >= 11 is 5.23. The number of piperazine rings is 1. The fourth-order valence-electron chi connectivity index (χ4n) is 2.40.